The van der Waals surface area contributed by atoms with E-state index in [4.69, 9.17) is 46.4 Å². The van der Waals surface area contributed by atoms with Crippen LogP contribution < -0.4 is 0 Å². The van der Waals surface area contributed by atoms with Crippen LogP contribution in [0.4, 0.5) is 4.39 Å². The first kappa shape index (κ1) is 21.1. The molecule has 0 unspecified atom stereocenters. The highest BCUT2D eigenvalue weighted by Gasteiger charge is 2.54. The van der Waals surface area contributed by atoms with Crippen LogP contribution in [0.3, 0.4) is 0 Å². The molecule has 0 aliphatic carbocycles. The quantitative estimate of drug-likeness (QED) is 0.469. The number of sulfonamides is 1. The van der Waals surface area contributed by atoms with Crippen LogP contribution in [0.15, 0.2) is 35.2 Å². The van der Waals surface area contributed by atoms with Crippen LogP contribution in [0.2, 0.25) is 0 Å². The number of rotatable bonds is 6. The second kappa shape index (κ2) is 7.12. The lowest BCUT2D eigenvalue weighted by Gasteiger charge is -2.36. The molecular formula is C12H11Cl4FN2O2S2. The average Bonchev–Trinajstić information content (AvgIpc) is 2.44. The third-order valence-electron chi connectivity index (χ3n) is 2.52. The highest BCUT2D eigenvalue weighted by atomic mass is 35.5. The second-order valence-electron chi connectivity index (χ2n) is 4.82. The summed E-state index contributed by atoms with van der Waals surface area (Å²) in [5.41, 5.74) is -1.62. The van der Waals surface area contributed by atoms with Gasteiger partial charge in [0.25, 0.3) is 10.0 Å². The average molecular weight is 440 g/mol. The van der Waals surface area contributed by atoms with Gasteiger partial charge in [-0.15, -0.1) is 3.71 Å². The minimum absolute atomic E-state index is 0.102. The molecule has 0 atom stereocenters. The molecule has 0 saturated heterocycles. The highest BCUT2D eigenvalue weighted by Crippen LogP contribution is 2.54. The highest BCUT2D eigenvalue weighted by molar-refractivity contribution is 8.11. The monoisotopic (exact) mass is 438 g/mol. The molecule has 128 valence electrons. The maximum absolute atomic E-state index is 13.8. The molecule has 0 spiro atoms. The van der Waals surface area contributed by atoms with Gasteiger partial charge >= 0.3 is 4.59 Å². The molecule has 0 aromatic heterocycles. The molecule has 0 N–H and O–H groups in total. The SMILES string of the molecule is CC(C)(C#N)N(SC(Cl)(Cl)C(F)(Cl)Cl)S(=O)(=O)c1ccccc1. The maximum atomic E-state index is 13.8. The topological polar surface area (TPSA) is 61.2 Å². The fourth-order valence-electron chi connectivity index (χ4n) is 1.35. The molecule has 1 aromatic rings. The Morgan fingerprint density at radius 3 is 2.04 bits per heavy atom. The van der Waals surface area contributed by atoms with Crippen molar-refractivity contribution in [3.8, 4) is 6.07 Å². The summed E-state index contributed by atoms with van der Waals surface area (Å²) in [7, 11) is -4.24. The molecule has 0 bridgehead atoms. The molecule has 11 heteroatoms. The van der Waals surface area contributed by atoms with Gasteiger partial charge in [0.1, 0.15) is 5.54 Å². The van der Waals surface area contributed by atoms with Crippen LogP contribution in [0.1, 0.15) is 13.8 Å². The predicted molar refractivity (Wildman–Crippen MR) is 92.7 cm³/mol. The molecular weight excluding hydrogens is 429 g/mol. The van der Waals surface area contributed by atoms with Gasteiger partial charge in [0.2, 0.25) is 3.67 Å². The number of hydrogen-bond acceptors (Lipinski definition) is 4. The first-order valence-corrected chi connectivity index (χ1v) is 9.63. The minimum atomic E-state index is -4.24. The van der Waals surface area contributed by atoms with Crippen LogP contribution in [-0.2, 0) is 10.0 Å². The standard InChI is InChI=1S/C12H11Cl4FN2O2S2/c1-10(2,8-18)19(22-12(15,16)11(13,14)17)23(20,21)9-6-4-3-5-7-9/h3-7H,1-2H3. The Morgan fingerprint density at radius 1 is 1.17 bits per heavy atom. The largest absolute Gasteiger partial charge is 0.301 e. The van der Waals surface area contributed by atoms with Gasteiger partial charge in [0.15, 0.2) is 0 Å². The van der Waals surface area contributed by atoms with E-state index in [0.717, 1.165) is 0 Å². The van der Waals surface area contributed by atoms with Crippen molar-refractivity contribution in [1.82, 2.24) is 3.71 Å². The Bertz CT molecular complexity index is 700. The summed E-state index contributed by atoms with van der Waals surface area (Å²) in [4.78, 5) is -0.131. The van der Waals surface area contributed by atoms with Crippen LogP contribution in [0, 0.1) is 11.3 Å². The summed E-state index contributed by atoms with van der Waals surface area (Å²) in [5.74, 6) is 0. The molecule has 0 heterocycles. The van der Waals surface area contributed by atoms with Crippen molar-refractivity contribution >= 4 is 68.4 Å². The van der Waals surface area contributed by atoms with E-state index in [-0.39, 0.29) is 16.8 Å². The Kier molecular flexibility index (Phi) is 6.54. The van der Waals surface area contributed by atoms with Crippen LogP contribution in [-0.4, -0.2) is 25.9 Å². The van der Waals surface area contributed by atoms with E-state index in [1.165, 1.54) is 38.1 Å². The molecule has 23 heavy (non-hydrogen) atoms. The zero-order chi connectivity index (χ0) is 18.1. The van der Waals surface area contributed by atoms with E-state index < -0.39 is 23.8 Å². The Labute approximate surface area is 158 Å². The van der Waals surface area contributed by atoms with E-state index in [1.807, 2.05) is 0 Å². The number of halogens is 5. The first-order valence-electron chi connectivity index (χ1n) is 5.91. The summed E-state index contributed by atoms with van der Waals surface area (Å²) in [6.07, 6.45) is 0. The van der Waals surface area contributed by atoms with Gasteiger partial charge in [0, 0.05) is 0 Å². The van der Waals surface area contributed by atoms with Crippen LogP contribution in [0.25, 0.3) is 0 Å². The van der Waals surface area contributed by atoms with Crippen molar-refractivity contribution in [2.24, 2.45) is 0 Å². The molecule has 0 aliphatic heterocycles. The van der Waals surface area contributed by atoms with E-state index in [0.29, 0.717) is 3.71 Å². The van der Waals surface area contributed by atoms with Gasteiger partial charge in [0.05, 0.1) is 11.0 Å². The van der Waals surface area contributed by atoms with Crippen molar-refractivity contribution in [2.45, 2.75) is 32.5 Å². The Balaban J connectivity index is 3.43. The van der Waals surface area contributed by atoms with Crippen LogP contribution in [0.5, 0.6) is 0 Å². The van der Waals surface area contributed by atoms with Crippen molar-refractivity contribution in [3.05, 3.63) is 30.3 Å². The lowest BCUT2D eigenvalue weighted by Crippen LogP contribution is -2.46. The van der Waals surface area contributed by atoms with E-state index >= 15 is 0 Å². The van der Waals surface area contributed by atoms with Crippen LogP contribution >= 0.6 is 58.4 Å². The fourth-order valence-corrected chi connectivity index (χ4v) is 5.12. The summed E-state index contributed by atoms with van der Waals surface area (Å²) in [6, 6.07) is 9.01. The van der Waals surface area contributed by atoms with Crippen molar-refractivity contribution in [1.29, 1.82) is 5.26 Å². The van der Waals surface area contributed by atoms with Gasteiger partial charge in [-0.25, -0.2) is 12.8 Å². The van der Waals surface area contributed by atoms with E-state index in [9.17, 15) is 18.1 Å². The molecule has 4 nitrogen and oxygen atoms in total. The lowest BCUT2D eigenvalue weighted by molar-refractivity contribution is 0.389. The third-order valence-corrected chi connectivity index (χ3v) is 8.34. The Hall–Kier alpha value is 0.0600. The van der Waals surface area contributed by atoms with Gasteiger partial charge in [-0.3, -0.25) is 0 Å². The fraction of sp³-hybridized carbons (Fsp3) is 0.417. The van der Waals surface area contributed by atoms with Gasteiger partial charge in [-0.1, -0.05) is 64.6 Å². The van der Waals surface area contributed by atoms with Crippen molar-refractivity contribution in [3.63, 3.8) is 0 Å². The van der Waals surface area contributed by atoms with E-state index in [2.05, 4.69) is 0 Å². The zero-order valence-corrected chi connectivity index (χ0v) is 16.5. The number of nitriles is 1. The number of nitrogens with zero attached hydrogens (tertiary/aromatic N) is 2. The molecule has 0 fully saturated rings. The number of hydrogen-bond donors (Lipinski definition) is 0. The smallest absolute Gasteiger partial charge is 0.206 e. The van der Waals surface area contributed by atoms with Gasteiger partial charge in [-0.05, 0) is 37.9 Å². The normalized spacial score (nSPS) is 13.9. The van der Waals surface area contributed by atoms with Gasteiger partial charge in [-0.2, -0.15) is 5.26 Å². The lowest BCUT2D eigenvalue weighted by atomic mass is 10.1. The Morgan fingerprint density at radius 2 is 1.65 bits per heavy atom. The van der Waals surface area contributed by atoms with Gasteiger partial charge < -0.3 is 0 Å². The predicted octanol–water partition coefficient (Wildman–Crippen LogP) is 4.86. The number of benzene rings is 1. The summed E-state index contributed by atoms with van der Waals surface area (Å²) >= 11 is 22.1. The molecule has 0 amide bonds. The maximum Gasteiger partial charge on any atom is 0.301 e. The van der Waals surface area contributed by atoms with E-state index in [1.54, 1.807) is 12.1 Å². The minimum Gasteiger partial charge on any atom is -0.206 e. The first-order chi connectivity index (χ1) is 10.3. The molecule has 1 aromatic carbocycles. The molecule has 1 rings (SSSR count). The summed E-state index contributed by atoms with van der Waals surface area (Å²) in [5, 5.41) is 9.26. The van der Waals surface area contributed by atoms with Crippen molar-refractivity contribution < 1.29 is 12.8 Å². The summed E-state index contributed by atoms with van der Waals surface area (Å²) < 4.78 is 34.1. The summed E-state index contributed by atoms with van der Waals surface area (Å²) in [6.45, 7) is 2.60. The van der Waals surface area contributed by atoms with Crippen molar-refractivity contribution in [2.75, 3.05) is 0 Å². The molecule has 0 aliphatic rings. The molecule has 0 radical (unpaired) electrons. The second-order valence-corrected chi connectivity index (χ2v) is 11.0. The third kappa shape index (κ3) is 4.79. The number of alkyl halides is 5. The molecule has 0 saturated carbocycles. The zero-order valence-electron chi connectivity index (χ0n) is 11.8.